The molecule has 0 saturated heterocycles. The highest BCUT2D eigenvalue weighted by Crippen LogP contribution is 2.21. The van der Waals surface area contributed by atoms with Gasteiger partial charge in [0.2, 0.25) is 5.88 Å². The average Bonchev–Trinajstić information content (AvgIpc) is 2.58. The van der Waals surface area contributed by atoms with Crippen LogP contribution in [0.15, 0.2) is 42.6 Å². The third-order valence-electron chi connectivity index (χ3n) is 2.77. The summed E-state index contributed by atoms with van der Waals surface area (Å²) in [5.41, 5.74) is 1.56. The summed E-state index contributed by atoms with van der Waals surface area (Å²) in [6.45, 7) is 0.384. The molecule has 0 unspecified atom stereocenters. The van der Waals surface area contributed by atoms with Crippen LogP contribution in [0.4, 0.5) is 4.79 Å². The molecule has 0 spiro atoms. The van der Waals surface area contributed by atoms with Crippen LogP contribution < -0.4 is 10.1 Å². The zero-order valence-corrected chi connectivity index (χ0v) is 13.3. The van der Waals surface area contributed by atoms with Crippen molar-refractivity contribution in [3.05, 3.63) is 58.7 Å². The van der Waals surface area contributed by atoms with Crippen LogP contribution >= 0.6 is 11.6 Å². The van der Waals surface area contributed by atoms with Gasteiger partial charge in [-0.05, 0) is 11.6 Å². The Balaban J connectivity index is 1.76. The number of halogens is 1. The Bertz CT molecular complexity index is 724. The molecule has 1 amide bonds. The predicted octanol–water partition coefficient (Wildman–Crippen LogP) is 3.02. The van der Waals surface area contributed by atoms with Crippen molar-refractivity contribution >= 4 is 17.7 Å². The summed E-state index contributed by atoms with van der Waals surface area (Å²) in [5, 5.41) is 2.93. The number of rotatable bonds is 4. The van der Waals surface area contributed by atoms with Gasteiger partial charge in [0.15, 0.2) is 0 Å². The van der Waals surface area contributed by atoms with Crippen LogP contribution in [-0.4, -0.2) is 24.7 Å². The molecule has 0 aliphatic rings. The first kappa shape index (κ1) is 16.7. The second kappa shape index (κ2) is 8.66. The van der Waals surface area contributed by atoms with Crippen molar-refractivity contribution in [3.8, 4) is 17.7 Å². The van der Waals surface area contributed by atoms with Gasteiger partial charge in [-0.1, -0.05) is 53.8 Å². The van der Waals surface area contributed by atoms with Crippen molar-refractivity contribution in [3.63, 3.8) is 0 Å². The molecule has 1 aromatic carbocycles. The highest BCUT2D eigenvalue weighted by Gasteiger charge is 2.02. The number of hydrogen-bond donors (Lipinski definition) is 1. The van der Waals surface area contributed by atoms with Gasteiger partial charge in [-0.25, -0.2) is 9.78 Å². The van der Waals surface area contributed by atoms with E-state index in [-0.39, 0.29) is 13.2 Å². The van der Waals surface area contributed by atoms with Gasteiger partial charge in [0.25, 0.3) is 0 Å². The van der Waals surface area contributed by atoms with E-state index in [2.05, 4.69) is 22.1 Å². The lowest BCUT2D eigenvalue weighted by Gasteiger charge is -2.04. The maximum Gasteiger partial charge on any atom is 0.408 e. The predicted molar refractivity (Wildman–Crippen MR) is 87.3 cm³/mol. The van der Waals surface area contributed by atoms with Gasteiger partial charge in [0.05, 0.1) is 13.7 Å². The topological polar surface area (TPSA) is 60.5 Å². The number of alkyl carbamates (subject to hydrolysis) is 1. The zero-order chi connectivity index (χ0) is 16.5. The van der Waals surface area contributed by atoms with E-state index in [4.69, 9.17) is 21.1 Å². The third-order valence-corrected chi connectivity index (χ3v) is 3.04. The first-order valence-electron chi connectivity index (χ1n) is 6.82. The van der Waals surface area contributed by atoms with E-state index in [0.29, 0.717) is 16.5 Å². The standard InChI is InChI=1S/C17H15ClN2O3/c1-22-16-15(18)10-14(11-20-16)8-5-9-19-17(21)23-12-13-6-3-2-4-7-13/h2-4,6-7,10-11H,9,12H2,1H3,(H,19,21). The monoisotopic (exact) mass is 330 g/mol. The van der Waals surface area contributed by atoms with Gasteiger partial charge < -0.3 is 14.8 Å². The van der Waals surface area contributed by atoms with Crippen molar-refractivity contribution in [1.29, 1.82) is 0 Å². The Morgan fingerprint density at radius 3 is 2.83 bits per heavy atom. The quantitative estimate of drug-likeness (QED) is 0.875. The SMILES string of the molecule is COc1ncc(C#CCNC(=O)OCc2ccccc2)cc1Cl. The maximum atomic E-state index is 11.5. The molecule has 6 heteroatoms. The summed E-state index contributed by atoms with van der Waals surface area (Å²) < 4.78 is 10.0. The number of pyridine rings is 1. The molecule has 2 rings (SSSR count). The summed E-state index contributed by atoms with van der Waals surface area (Å²) in [6, 6.07) is 11.1. The van der Waals surface area contributed by atoms with Crippen molar-refractivity contribution in [2.24, 2.45) is 0 Å². The molecule has 0 atom stereocenters. The molecule has 0 aliphatic heterocycles. The number of hydrogen-bond acceptors (Lipinski definition) is 4. The number of benzene rings is 1. The fourth-order valence-corrected chi connectivity index (χ4v) is 1.92. The van der Waals surface area contributed by atoms with E-state index >= 15 is 0 Å². The zero-order valence-electron chi connectivity index (χ0n) is 12.5. The first-order chi connectivity index (χ1) is 11.2. The molecule has 0 saturated carbocycles. The Kier molecular flexibility index (Phi) is 6.28. The van der Waals surface area contributed by atoms with Crippen LogP contribution in [0.2, 0.25) is 5.02 Å². The second-order valence-corrected chi connectivity index (χ2v) is 4.84. The minimum Gasteiger partial charge on any atom is -0.480 e. The number of nitrogens with zero attached hydrogens (tertiary/aromatic N) is 1. The van der Waals surface area contributed by atoms with Gasteiger partial charge in [-0.15, -0.1) is 0 Å². The summed E-state index contributed by atoms with van der Waals surface area (Å²) in [5.74, 6) is 5.98. The van der Waals surface area contributed by atoms with Crippen molar-refractivity contribution < 1.29 is 14.3 Å². The molecular formula is C17H15ClN2O3. The van der Waals surface area contributed by atoms with E-state index in [1.165, 1.54) is 7.11 Å². The fourth-order valence-electron chi connectivity index (χ4n) is 1.68. The molecule has 1 aromatic heterocycles. The minimum atomic E-state index is -0.519. The summed E-state index contributed by atoms with van der Waals surface area (Å²) in [6.07, 6.45) is 1.03. The molecule has 118 valence electrons. The lowest BCUT2D eigenvalue weighted by molar-refractivity contribution is 0.141. The molecule has 0 bridgehead atoms. The Morgan fingerprint density at radius 1 is 1.35 bits per heavy atom. The molecule has 0 fully saturated rings. The molecule has 0 aliphatic carbocycles. The number of nitrogens with one attached hydrogen (secondary N) is 1. The Hall–Kier alpha value is -2.71. The van der Waals surface area contributed by atoms with E-state index < -0.39 is 6.09 Å². The number of amides is 1. The number of ether oxygens (including phenoxy) is 2. The Labute approximate surface area is 139 Å². The molecule has 1 heterocycles. The van der Waals surface area contributed by atoms with Crippen LogP contribution in [0.1, 0.15) is 11.1 Å². The maximum absolute atomic E-state index is 11.5. The molecule has 0 radical (unpaired) electrons. The minimum absolute atomic E-state index is 0.164. The summed E-state index contributed by atoms with van der Waals surface area (Å²) in [7, 11) is 1.49. The van der Waals surface area contributed by atoms with Gasteiger partial charge in [-0.2, -0.15) is 0 Å². The van der Waals surface area contributed by atoms with Crippen molar-refractivity contribution in [1.82, 2.24) is 10.3 Å². The van der Waals surface area contributed by atoms with Crippen molar-refractivity contribution in [2.75, 3.05) is 13.7 Å². The van der Waals surface area contributed by atoms with Crippen LogP contribution in [0, 0.1) is 11.8 Å². The van der Waals surface area contributed by atoms with E-state index in [0.717, 1.165) is 5.56 Å². The lowest BCUT2D eigenvalue weighted by Crippen LogP contribution is -2.24. The van der Waals surface area contributed by atoms with E-state index in [1.807, 2.05) is 30.3 Å². The number of aromatic nitrogens is 1. The highest BCUT2D eigenvalue weighted by molar-refractivity contribution is 6.31. The number of carbonyl (C=O) groups is 1. The number of carbonyl (C=O) groups excluding carboxylic acids is 1. The molecular weight excluding hydrogens is 316 g/mol. The molecule has 1 N–H and O–H groups in total. The van der Waals surface area contributed by atoms with Crippen LogP contribution in [0.3, 0.4) is 0 Å². The third kappa shape index (κ3) is 5.53. The van der Waals surface area contributed by atoms with Gasteiger partial charge in [0.1, 0.15) is 11.6 Å². The first-order valence-corrected chi connectivity index (χ1v) is 7.20. The molecule has 5 nitrogen and oxygen atoms in total. The van der Waals surface area contributed by atoms with E-state index in [9.17, 15) is 4.79 Å². The fraction of sp³-hybridized carbons (Fsp3) is 0.176. The summed E-state index contributed by atoms with van der Waals surface area (Å²) >= 11 is 5.95. The smallest absolute Gasteiger partial charge is 0.408 e. The average molecular weight is 331 g/mol. The van der Waals surface area contributed by atoms with Crippen LogP contribution in [0.5, 0.6) is 5.88 Å². The number of methoxy groups -OCH3 is 1. The largest absolute Gasteiger partial charge is 0.480 e. The van der Waals surface area contributed by atoms with Gasteiger partial charge in [0, 0.05) is 11.8 Å². The van der Waals surface area contributed by atoms with Crippen LogP contribution in [0.25, 0.3) is 0 Å². The Morgan fingerprint density at radius 2 is 2.13 bits per heavy atom. The summed E-state index contributed by atoms with van der Waals surface area (Å²) in [4.78, 5) is 15.5. The molecule has 23 heavy (non-hydrogen) atoms. The van der Waals surface area contributed by atoms with Crippen LogP contribution in [-0.2, 0) is 11.3 Å². The highest BCUT2D eigenvalue weighted by atomic mass is 35.5. The van der Waals surface area contributed by atoms with E-state index in [1.54, 1.807) is 12.3 Å². The second-order valence-electron chi connectivity index (χ2n) is 4.43. The van der Waals surface area contributed by atoms with Crippen molar-refractivity contribution in [2.45, 2.75) is 6.61 Å². The van der Waals surface area contributed by atoms with Gasteiger partial charge >= 0.3 is 6.09 Å². The lowest BCUT2D eigenvalue weighted by atomic mass is 10.2. The van der Waals surface area contributed by atoms with Gasteiger partial charge in [-0.3, -0.25) is 0 Å². The normalized spacial score (nSPS) is 9.48. The molecule has 2 aromatic rings.